The second-order valence-corrected chi connectivity index (χ2v) is 5.89. The zero-order valence-electron chi connectivity index (χ0n) is 11.6. The minimum atomic E-state index is 0.819. The van der Waals surface area contributed by atoms with Gasteiger partial charge in [0.05, 0.1) is 0 Å². The van der Waals surface area contributed by atoms with Crippen molar-refractivity contribution >= 4 is 0 Å². The third-order valence-corrected chi connectivity index (χ3v) is 3.98. The minimum absolute atomic E-state index is 0.819. The van der Waals surface area contributed by atoms with E-state index in [-0.39, 0.29) is 0 Å². The number of hydrogen-bond acceptors (Lipinski definition) is 1. The summed E-state index contributed by atoms with van der Waals surface area (Å²) in [4.78, 5) is 0. The van der Waals surface area contributed by atoms with Crippen LogP contribution in [0.5, 0.6) is 0 Å². The Kier molecular flexibility index (Phi) is 7.11. The fourth-order valence-corrected chi connectivity index (χ4v) is 3.04. The van der Waals surface area contributed by atoms with Crippen molar-refractivity contribution in [2.75, 3.05) is 6.54 Å². The van der Waals surface area contributed by atoms with Gasteiger partial charge in [0.25, 0.3) is 0 Å². The van der Waals surface area contributed by atoms with Gasteiger partial charge < -0.3 is 5.32 Å². The van der Waals surface area contributed by atoms with Gasteiger partial charge in [-0.1, -0.05) is 52.9 Å². The van der Waals surface area contributed by atoms with Crippen molar-refractivity contribution in [1.29, 1.82) is 0 Å². The van der Waals surface area contributed by atoms with Gasteiger partial charge in [0.2, 0.25) is 0 Å². The van der Waals surface area contributed by atoms with Gasteiger partial charge >= 0.3 is 0 Å². The van der Waals surface area contributed by atoms with Crippen LogP contribution < -0.4 is 5.32 Å². The lowest BCUT2D eigenvalue weighted by atomic mass is 9.92. The Hall–Kier alpha value is -0.0400. The zero-order chi connectivity index (χ0) is 11.8. The van der Waals surface area contributed by atoms with Crippen molar-refractivity contribution in [2.45, 2.75) is 78.2 Å². The first-order valence-corrected chi connectivity index (χ1v) is 7.47. The monoisotopic (exact) mass is 225 g/mol. The molecule has 0 heterocycles. The van der Waals surface area contributed by atoms with Crippen molar-refractivity contribution in [3.05, 3.63) is 0 Å². The lowest BCUT2D eigenvalue weighted by molar-refractivity contribution is 0.333. The van der Waals surface area contributed by atoms with Crippen LogP contribution in [-0.2, 0) is 0 Å². The molecule has 1 fully saturated rings. The molecule has 0 amide bonds. The molecule has 16 heavy (non-hydrogen) atoms. The highest BCUT2D eigenvalue weighted by Gasteiger charge is 2.23. The van der Waals surface area contributed by atoms with Crippen LogP contribution in [-0.4, -0.2) is 12.6 Å². The second kappa shape index (κ2) is 8.11. The van der Waals surface area contributed by atoms with Crippen molar-refractivity contribution < 1.29 is 0 Å². The molecule has 0 radical (unpaired) electrons. The van der Waals surface area contributed by atoms with E-state index in [0.717, 1.165) is 24.4 Å². The Balaban J connectivity index is 2.17. The molecule has 1 unspecified atom stereocenters. The Morgan fingerprint density at radius 2 is 1.69 bits per heavy atom. The Morgan fingerprint density at radius 3 is 2.25 bits per heavy atom. The highest BCUT2D eigenvalue weighted by molar-refractivity contribution is 4.80. The topological polar surface area (TPSA) is 12.0 Å². The van der Waals surface area contributed by atoms with Gasteiger partial charge in [-0.05, 0) is 37.6 Å². The van der Waals surface area contributed by atoms with Crippen molar-refractivity contribution in [3.8, 4) is 0 Å². The molecule has 0 aromatic rings. The molecule has 1 atom stereocenters. The van der Waals surface area contributed by atoms with Crippen LogP contribution in [0.15, 0.2) is 0 Å². The maximum Gasteiger partial charge on any atom is 0.00952 e. The standard InChI is InChI=1S/C15H31N/c1-4-16-15(14-10-6-7-11-14)12-8-5-9-13(2)3/h13-16H,4-12H2,1-3H3. The van der Waals surface area contributed by atoms with Gasteiger partial charge in [0.1, 0.15) is 0 Å². The number of nitrogens with one attached hydrogen (secondary N) is 1. The predicted octanol–water partition coefficient (Wildman–Crippen LogP) is 4.37. The van der Waals surface area contributed by atoms with E-state index in [1.165, 1.54) is 51.4 Å². The summed E-state index contributed by atoms with van der Waals surface area (Å²) < 4.78 is 0. The molecule has 1 rings (SSSR count). The van der Waals surface area contributed by atoms with Crippen LogP contribution in [0.1, 0.15) is 72.1 Å². The summed E-state index contributed by atoms with van der Waals surface area (Å²) in [6, 6.07) is 0.819. The van der Waals surface area contributed by atoms with Crippen LogP contribution in [0.4, 0.5) is 0 Å². The summed E-state index contributed by atoms with van der Waals surface area (Å²) in [5.74, 6) is 1.86. The van der Waals surface area contributed by atoms with Gasteiger partial charge in [-0.2, -0.15) is 0 Å². The van der Waals surface area contributed by atoms with Crippen LogP contribution in [0, 0.1) is 11.8 Å². The van der Waals surface area contributed by atoms with Crippen LogP contribution >= 0.6 is 0 Å². The average Bonchev–Trinajstić information content (AvgIpc) is 2.75. The van der Waals surface area contributed by atoms with E-state index in [1.807, 2.05) is 0 Å². The number of rotatable bonds is 8. The summed E-state index contributed by atoms with van der Waals surface area (Å²) in [5.41, 5.74) is 0. The fraction of sp³-hybridized carbons (Fsp3) is 1.00. The molecule has 0 aromatic heterocycles. The van der Waals surface area contributed by atoms with Crippen molar-refractivity contribution in [3.63, 3.8) is 0 Å². The maximum atomic E-state index is 3.71. The molecular formula is C15H31N. The largest absolute Gasteiger partial charge is 0.314 e. The van der Waals surface area contributed by atoms with Crippen LogP contribution in [0.3, 0.4) is 0 Å². The molecule has 1 aliphatic rings. The van der Waals surface area contributed by atoms with E-state index in [4.69, 9.17) is 0 Å². The minimum Gasteiger partial charge on any atom is -0.314 e. The summed E-state index contributed by atoms with van der Waals surface area (Å²) in [5, 5.41) is 3.71. The van der Waals surface area contributed by atoms with E-state index in [9.17, 15) is 0 Å². The molecule has 0 aromatic carbocycles. The zero-order valence-corrected chi connectivity index (χ0v) is 11.6. The molecule has 1 heteroatoms. The molecule has 0 bridgehead atoms. The van der Waals surface area contributed by atoms with Gasteiger partial charge in [-0.3, -0.25) is 0 Å². The Morgan fingerprint density at radius 1 is 1.06 bits per heavy atom. The van der Waals surface area contributed by atoms with E-state index < -0.39 is 0 Å². The first kappa shape index (κ1) is 14.0. The molecule has 0 spiro atoms. The molecule has 1 N–H and O–H groups in total. The normalized spacial score (nSPS) is 19.5. The van der Waals surface area contributed by atoms with Gasteiger partial charge in [0, 0.05) is 6.04 Å². The Bertz CT molecular complexity index is 159. The first-order chi connectivity index (χ1) is 7.74. The SMILES string of the molecule is CCNC(CCCCC(C)C)C1CCCC1. The molecule has 96 valence electrons. The maximum absolute atomic E-state index is 3.71. The number of unbranched alkanes of at least 4 members (excludes halogenated alkanes) is 1. The van der Waals surface area contributed by atoms with Gasteiger partial charge in [-0.25, -0.2) is 0 Å². The fourth-order valence-electron chi connectivity index (χ4n) is 3.04. The molecule has 1 aliphatic carbocycles. The molecule has 0 saturated heterocycles. The van der Waals surface area contributed by atoms with Crippen LogP contribution in [0.2, 0.25) is 0 Å². The average molecular weight is 225 g/mol. The van der Waals surface area contributed by atoms with Crippen molar-refractivity contribution in [2.24, 2.45) is 11.8 Å². The Labute approximate surface area is 102 Å². The summed E-state index contributed by atoms with van der Waals surface area (Å²) >= 11 is 0. The van der Waals surface area contributed by atoms with E-state index >= 15 is 0 Å². The number of hydrogen-bond donors (Lipinski definition) is 1. The smallest absolute Gasteiger partial charge is 0.00952 e. The lowest BCUT2D eigenvalue weighted by Gasteiger charge is -2.24. The molecular weight excluding hydrogens is 194 g/mol. The molecule has 0 aliphatic heterocycles. The lowest BCUT2D eigenvalue weighted by Crippen LogP contribution is -2.34. The quantitative estimate of drug-likeness (QED) is 0.605. The van der Waals surface area contributed by atoms with E-state index in [0.29, 0.717) is 0 Å². The summed E-state index contributed by atoms with van der Waals surface area (Å²) in [7, 11) is 0. The third-order valence-electron chi connectivity index (χ3n) is 3.98. The van der Waals surface area contributed by atoms with Gasteiger partial charge in [-0.15, -0.1) is 0 Å². The van der Waals surface area contributed by atoms with E-state index in [1.54, 1.807) is 0 Å². The highest BCUT2D eigenvalue weighted by Crippen LogP contribution is 2.29. The van der Waals surface area contributed by atoms with E-state index in [2.05, 4.69) is 26.1 Å². The highest BCUT2D eigenvalue weighted by atomic mass is 14.9. The summed E-state index contributed by atoms with van der Waals surface area (Å²) in [6.07, 6.45) is 11.5. The summed E-state index contributed by atoms with van der Waals surface area (Å²) in [6.45, 7) is 8.05. The molecule has 1 saturated carbocycles. The first-order valence-electron chi connectivity index (χ1n) is 7.47. The van der Waals surface area contributed by atoms with Crippen LogP contribution in [0.25, 0.3) is 0 Å². The third kappa shape index (κ3) is 5.34. The predicted molar refractivity (Wildman–Crippen MR) is 72.7 cm³/mol. The second-order valence-electron chi connectivity index (χ2n) is 5.89. The van der Waals surface area contributed by atoms with Gasteiger partial charge in [0.15, 0.2) is 0 Å². The molecule has 1 nitrogen and oxygen atoms in total. The van der Waals surface area contributed by atoms with Crippen molar-refractivity contribution in [1.82, 2.24) is 5.32 Å².